The van der Waals surface area contributed by atoms with E-state index in [1.165, 1.54) is 18.2 Å². The van der Waals surface area contributed by atoms with Crippen molar-refractivity contribution in [1.29, 1.82) is 0 Å². The molecule has 0 bridgehead atoms. The van der Waals surface area contributed by atoms with Crippen LogP contribution >= 0.6 is 23.4 Å². The Morgan fingerprint density at radius 1 is 1.17 bits per heavy atom. The van der Waals surface area contributed by atoms with Crippen LogP contribution in [0, 0.1) is 11.8 Å². The number of fused-ring (bicyclic) bond motifs is 3. The lowest BCUT2D eigenvalue weighted by Gasteiger charge is -2.48. The molecule has 7 rings (SSSR count). The first kappa shape index (κ1) is 32.7. The second kappa shape index (κ2) is 14.3. The summed E-state index contributed by atoms with van der Waals surface area (Å²) >= 11 is 8.09. The Hall–Kier alpha value is -2.85. The van der Waals surface area contributed by atoms with Gasteiger partial charge in [0.05, 0.1) is 43.3 Å². The average molecular weight is 678 g/mol. The lowest BCUT2D eigenvalue weighted by atomic mass is 9.67. The second-order valence-corrected chi connectivity index (χ2v) is 15.0. The predicted octanol–water partition coefficient (Wildman–Crippen LogP) is 7.16. The highest BCUT2D eigenvalue weighted by Gasteiger charge is 2.45. The van der Waals surface area contributed by atoms with Crippen molar-refractivity contribution in [3.63, 3.8) is 0 Å². The number of rotatable bonds is 9. The Morgan fingerprint density at radius 2 is 2.04 bits per heavy atom. The number of esters is 1. The van der Waals surface area contributed by atoms with Crippen molar-refractivity contribution in [1.82, 2.24) is 9.97 Å². The zero-order chi connectivity index (χ0) is 32.4. The van der Waals surface area contributed by atoms with Crippen molar-refractivity contribution in [3.8, 4) is 5.75 Å². The predicted molar refractivity (Wildman–Crippen MR) is 184 cm³/mol. The minimum absolute atomic E-state index is 0.104. The van der Waals surface area contributed by atoms with Crippen molar-refractivity contribution in [2.75, 3.05) is 44.1 Å². The number of halogens is 1. The van der Waals surface area contributed by atoms with Gasteiger partial charge in [-0.2, -0.15) is 0 Å². The molecule has 10 heteroatoms. The number of anilines is 1. The first-order chi connectivity index (χ1) is 22.9. The molecule has 1 saturated carbocycles. The molecule has 4 aliphatic rings. The van der Waals surface area contributed by atoms with Crippen LogP contribution in [-0.4, -0.2) is 73.4 Å². The van der Waals surface area contributed by atoms with E-state index >= 15 is 0 Å². The number of ether oxygens (including phenoxy) is 4. The van der Waals surface area contributed by atoms with Gasteiger partial charge in [0.1, 0.15) is 5.75 Å². The number of carbonyl (C=O) groups excluding carboxylic acids is 1. The summed E-state index contributed by atoms with van der Waals surface area (Å²) in [6.07, 6.45) is 11.3. The maximum absolute atomic E-state index is 12.6. The molecule has 0 unspecified atom stereocenters. The van der Waals surface area contributed by atoms with Crippen molar-refractivity contribution < 1.29 is 23.7 Å². The van der Waals surface area contributed by atoms with Crippen molar-refractivity contribution >= 4 is 35.0 Å². The van der Waals surface area contributed by atoms with Crippen LogP contribution in [0.5, 0.6) is 5.75 Å². The minimum atomic E-state index is -0.337. The van der Waals surface area contributed by atoms with Gasteiger partial charge in [0.2, 0.25) is 0 Å². The van der Waals surface area contributed by atoms with Gasteiger partial charge < -0.3 is 23.8 Å². The van der Waals surface area contributed by atoms with Crippen molar-refractivity contribution in [2.24, 2.45) is 11.8 Å². The molecule has 2 fully saturated rings. The van der Waals surface area contributed by atoms with Gasteiger partial charge in [0, 0.05) is 54.7 Å². The number of aryl methyl sites for hydroxylation is 1. The Labute approximate surface area is 286 Å². The van der Waals surface area contributed by atoms with Crippen LogP contribution in [0.4, 0.5) is 5.69 Å². The van der Waals surface area contributed by atoms with Gasteiger partial charge in [-0.15, -0.1) is 0 Å². The van der Waals surface area contributed by atoms with Crippen molar-refractivity contribution in [3.05, 3.63) is 76.6 Å². The van der Waals surface area contributed by atoms with Gasteiger partial charge in [-0.3, -0.25) is 0 Å². The van der Waals surface area contributed by atoms with E-state index in [0.717, 1.165) is 92.0 Å². The number of nitrogens with zero attached hydrogens (tertiary/aromatic N) is 3. The summed E-state index contributed by atoms with van der Waals surface area (Å²) in [6.45, 7) is 5.16. The van der Waals surface area contributed by atoms with E-state index in [1.54, 1.807) is 24.2 Å². The molecule has 8 nitrogen and oxygen atoms in total. The molecule has 1 aromatic heterocycles. The number of aromatic nitrogens is 2. The Morgan fingerprint density at radius 3 is 2.85 bits per heavy atom. The standard InChI is InChI=1S/C37H44ClN3O5S/c1-24(21-47-36-39-14-4-15-40-36)46-29-12-16-44-34(19-29)30-9-6-27(30)20-41-22-37(13-3-5-25-17-28(38)8-10-31(25)37)23-45-33-11-7-26(18-32(33)41)35(42)43-2/h4,7-8,10-11,14-15,17-18,24,27,29-30,34H,3,5-6,9,12-13,16,19-23H2,1-2H3/t24-,27-,29-,30+,34+,37-/m0/s1. The molecular formula is C37H44ClN3O5S. The first-order valence-electron chi connectivity index (χ1n) is 17.0. The summed E-state index contributed by atoms with van der Waals surface area (Å²) in [5.41, 5.74) is 4.00. The Balaban J connectivity index is 1.08. The quantitative estimate of drug-likeness (QED) is 0.133. The highest BCUT2D eigenvalue weighted by molar-refractivity contribution is 7.99. The highest BCUT2D eigenvalue weighted by Crippen LogP contribution is 2.47. The molecule has 0 amide bonds. The van der Waals surface area contributed by atoms with E-state index in [2.05, 4.69) is 33.9 Å². The molecule has 47 heavy (non-hydrogen) atoms. The van der Waals surface area contributed by atoms with Gasteiger partial charge >= 0.3 is 5.97 Å². The van der Waals surface area contributed by atoms with E-state index in [1.807, 2.05) is 30.3 Å². The summed E-state index contributed by atoms with van der Waals surface area (Å²) in [5.74, 6) is 2.24. The molecule has 0 radical (unpaired) electrons. The van der Waals surface area contributed by atoms with E-state index in [9.17, 15) is 4.79 Å². The lowest BCUT2D eigenvalue weighted by Crippen LogP contribution is -2.51. The zero-order valence-electron chi connectivity index (χ0n) is 27.2. The normalized spacial score (nSPS) is 27.5. The van der Waals surface area contributed by atoms with E-state index < -0.39 is 0 Å². The number of carbonyl (C=O) groups is 1. The Bertz CT molecular complexity index is 1560. The lowest BCUT2D eigenvalue weighted by molar-refractivity contribution is -0.126. The molecule has 1 saturated heterocycles. The minimum Gasteiger partial charge on any atom is -0.490 e. The monoisotopic (exact) mass is 677 g/mol. The molecule has 2 aliphatic heterocycles. The highest BCUT2D eigenvalue weighted by atomic mass is 35.5. The molecular weight excluding hydrogens is 634 g/mol. The molecule has 2 aromatic carbocycles. The van der Waals surface area contributed by atoms with Gasteiger partial charge in [0.25, 0.3) is 0 Å². The molecule has 2 aliphatic carbocycles. The molecule has 1 spiro atoms. The fourth-order valence-electron chi connectivity index (χ4n) is 8.09. The van der Waals surface area contributed by atoms with Crippen LogP contribution in [0.2, 0.25) is 5.02 Å². The fourth-order valence-corrected chi connectivity index (χ4v) is 9.02. The maximum Gasteiger partial charge on any atom is 0.337 e. The molecule has 3 aromatic rings. The molecule has 250 valence electrons. The summed E-state index contributed by atoms with van der Waals surface area (Å²) in [4.78, 5) is 23.8. The maximum atomic E-state index is 12.6. The number of methoxy groups -OCH3 is 1. The molecule has 6 atom stereocenters. The first-order valence-corrected chi connectivity index (χ1v) is 18.3. The number of thioether (sulfide) groups is 1. The SMILES string of the molecule is COC(=O)c1ccc2c(c1)N(C[C@@H]1CC[C@H]1[C@H]1C[C@@H](O[C@@H](C)CSc3ncccn3)CCO1)C[C@@]1(CCCc3cc(Cl)ccc31)CO2. The third-order valence-electron chi connectivity index (χ3n) is 10.5. The average Bonchev–Trinajstić information content (AvgIpc) is 3.22. The molecule has 0 N–H and O–H groups in total. The zero-order valence-corrected chi connectivity index (χ0v) is 28.8. The van der Waals surface area contributed by atoms with Crippen LogP contribution in [0.15, 0.2) is 60.0 Å². The van der Waals surface area contributed by atoms with Crippen LogP contribution in [-0.2, 0) is 26.0 Å². The fraction of sp³-hybridized carbons (Fsp3) is 0.541. The van der Waals surface area contributed by atoms with Crippen LogP contribution in [0.3, 0.4) is 0 Å². The van der Waals surface area contributed by atoms with Crippen LogP contribution < -0.4 is 9.64 Å². The number of hydrogen-bond donors (Lipinski definition) is 0. The summed E-state index contributed by atoms with van der Waals surface area (Å²) < 4.78 is 24.7. The largest absolute Gasteiger partial charge is 0.490 e. The Kier molecular flexibility index (Phi) is 9.96. The van der Waals surface area contributed by atoms with Crippen molar-refractivity contribution in [2.45, 2.75) is 80.8 Å². The van der Waals surface area contributed by atoms with E-state index in [0.29, 0.717) is 24.0 Å². The summed E-state index contributed by atoms with van der Waals surface area (Å²) in [7, 11) is 1.43. The summed E-state index contributed by atoms with van der Waals surface area (Å²) in [6, 6.07) is 13.9. The number of hydrogen-bond acceptors (Lipinski definition) is 9. The topological polar surface area (TPSA) is 83.0 Å². The number of benzene rings is 2. The van der Waals surface area contributed by atoms with Gasteiger partial charge in [-0.1, -0.05) is 29.4 Å². The van der Waals surface area contributed by atoms with E-state index in [-0.39, 0.29) is 29.7 Å². The van der Waals surface area contributed by atoms with Crippen LogP contribution in [0.25, 0.3) is 0 Å². The smallest absolute Gasteiger partial charge is 0.337 e. The van der Waals surface area contributed by atoms with Crippen LogP contribution in [0.1, 0.15) is 66.9 Å². The molecule has 3 heterocycles. The second-order valence-electron chi connectivity index (χ2n) is 13.6. The third kappa shape index (κ3) is 7.14. The van der Waals surface area contributed by atoms with Gasteiger partial charge in [-0.05, 0) is 105 Å². The van der Waals surface area contributed by atoms with E-state index in [4.69, 9.17) is 30.5 Å². The van der Waals surface area contributed by atoms with Gasteiger partial charge in [-0.25, -0.2) is 14.8 Å². The van der Waals surface area contributed by atoms with Gasteiger partial charge in [0.15, 0.2) is 5.16 Å². The third-order valence-corrected chi connectivity index (χ3v) is 11.9. The summed E-state index contributed by atoms with van der Waals surface area (Å²) in [5, 5.41) is 1.57.